The molecule has 0 bridgehead atoms. The maximum Gasteiger partial charge on any atom is 0.0406 e. The van der Waals surface area contributed by atoms with Crippen molar-refractivity contribution < 1.29 is 0 Å². The van der Waals surface area contributed by atoms with Crippen LogP contribution in [0.25, 0.3) is 0 Å². The van der Waals surface area contributed by atoms with Crippen LogP contribution in [0.2, 0.25) is 5.02 Å². The zero-order valence-corrected chi connectivity index (χ0v) is 12.8. The fourth-order valence-electron chi connectivity index (χ4n) is 2.12. The van der Waals surface area contributed by atoms with Crippen LogP contribution in [-0.4, -0.2) is 12.6 Å². The van der Waals surface area contributed by atoms with Gasteiger partial charge in [0.05, 0.1) is 0 Å². The van der Waals surface area contributed by atoms with Crippen molar-refractivity contribution in [2.75, 3.05) is 6.54 Å². The van der Waals surface area contributed by atoms with Crippen LogP contribution in [0.15, 0.2) is 24.3 Å². The minimum Gasteiger partial charge on any atom is -0.313 e. The molecule has 0 fully saturated rings. The summed E-state index contributed by atoms with van der Waals surface area (Å²) in [6, 6.07) is 8.77. The number of hydrogen-bond donors (Lipinski definition) is 1. The lowest BCUT2D eigenvalue weighted by Gasteiger charge is -2.32. The summed E-state index contributed by atoms with van der Waals surface area (Å²) in [6.07, 6.45) is 3.47. The van der Waals surface area contributed by atoms with Gasteiger partial charge in [0, 0.05) is 11.1 Å². The molecule has 2 heteroatoms. The Labute approximate surface area is 117 Å². The zero-order chi connectivity index (χ0) is 13.6. The van der Waals surface area contributed by atoms with Crippen molar-refractivity contribution in [2.45, 2.75) is 53.0 Å². The first-order valence-corrected chi connectivity index (χ1v) is 7.29. The van der Waals surface area contributed by atoms with Gasteiger partial charge in [-0.05, 0) is 48.9 Å². The third-order valence-corrected chi connectivity index (χ3v) is 3.57. The van der Waals surface area contributed by atoms with E-state index in [1.54, 1.807) is 0 Å². The minimum atomic E-state index is 0.307. The van der Waals surface area contributed by atoms with Gasteiger partial charge >= 0.3 is 0 Å². The van der Waals surface area contributed by atoms with Gasteiger partial charge in [-0.1, -0.05) is 51.4 Å². The van der Waals surface area contributed by atoms with E-state index in [9.17, 15) is 0 Å². The van der Waals surface area contributed by atoms with E-state index in [2.05, 4.69) is 45.1 Å². The lowest BCUT2D eigenvalue weighted by Crippen LogP contribution is -2.41. The number of aryl methyl sites for hydroxylation is 1. The van der Waals surface area contributed by atoms with Crippen molar-refractivity contribution in [1.82, 2.24) is 5.32 Å². The van der Waals surface area contributed by atoms with Crippen molar-refractivity contribution in [3.8, 4) is 0 Å². The topological polar surface area (TPSA) is 12.0 Å². The highest BCUT2D eigenvalue weighted by molar-refractivity contribution is 6.30. The second-order valence-electron chi connectivity index (χ2n) is 6.04. The maximum atomic E-state index is 5.90. The second-order valence-corrected chi connectivity index (χ2v) is 6.47. The van der Waals surface area contributed by atoms with Gasteiger partial charge in [-0.2, -0.15) is 0 Å². The molecule has 1 unspecified atom stereocenters. The minimum absolute atomic E-state index is 0.307. The van der Waals surface area contributed by atoms with Crippen LogP contribution in [0.4, 0.5) is 0 Å². The lowest BCUT2D eigenvalue weighted by atomic mass is 9.83. The number of hydrogen-bond acceptors (Lipinski definition) is 1. The fourth-order valence-corrected chi connectivity index (χ4v) is 2.25. The van der Waals surface area contributed by atoms with Gasteiger partial charge in [0.15, 0.2) is 0 Å². The molecule has 1 N–H and O–H groups in total. The molecule has 0 aliphatic heterocycles. The van der Waals surface area contributed by atoms with E-state index in [0.29, 0.717) is 11.5 Å². The molecule has 1 nitrogen and oxygen atoms in total. The summed E-state index contributed by atoms with van der Waals surface area (Å²) in [5.74, 6) is 0. The van der Waals surface area contributed by atoms with Gasteiger partial charge in [-0.3, -0.25) is 0 Å². The average Bonchev–Trinajstić information content (AvgIpc) is 2.30. The van der Waals surface area contributed by atoms with Crippen LogP contribution >= 0.6 is 11.6 Å². The van der Waals surface area contributed by atoms with E-state index in [4.69, 9.17) is 11.6 Å². The van der Waals surface area contributed by atoms with Gasteiger partial charge < -0.3 is 5.32 Å². The second kappa shape index (κ2) is 7.16. The number of benzene rings is 1. The predicted molar refractivity (Wildman–Crippen MR) is 81.3 cm³/mol. The molecule has 0 spiro atoms. The van der Waals surface area contributed by atoms with Crippen LogP contribution in [0.5, 0.6) is 0 Å². The summed E-state index contributed by atoms with van der Waals surface area (Å²) < 4.78 is 0. The first-order chi connectivity index (χ1) is 8.43. The third-order valence-electron chi connectivity index (χ3n) is 3.32. The Kier molecular flexibility index (Phi) is 6.17. The molecule has 0 aliphatic carbocycles. The van der Waals surface area contributed by atoms with Crippen LogP contribution in [0, 0.1) is 5.41 Å². The zero-order valence-electron chi connectivity index (χ0n) is 12.1. The summed E-state index contributed by atoms with van der Waals surface area (Å²) in [6.45, 7) is 10.2. The van der Waals surface area contributed by atoms with Crippen LogP contribution < -0.4 is 5.32 Å². The summed E-state index contributed by atoms with van der Waals surface area (Å²) in [7, 11) is 0. The molecular formula is C16H26ClN. The molecule has 0 amide bonds. The van der Waals surface area contributed by atoms with Gasteiger partial charge in [0.1, 0.15) is 0 Å². The SMILES string of the molecule is CCCNC(CCc1ccc(Cl)cc1)C(C)(C)C. The highest BCUT2D eigenvalue weighted by Gasteiger charge is 2.23. The Morgan fingerprint density at radius 3 is 2.28 bits per heavy atom. The molecule has 102 valence electrons. The highest BCUT2D eigenvalue weighted by Crippen LogP contribution is 2.23. The molecular weight excluding hydrogens is 242 g/mol. The first kappa shape index (κ1) is 15.5. The Hall–Kier alpha value is -0.530. The molecule has 18 heavy (non-hydrogen) atoms. The molecule has 0 radical (unpaired) electrons. The normalized spacial score (nSPS) is 13.6. The quantitative estimate of drug-likeness (QED) is 0.789. The standard InChI is InChI=1S/C16H26ClN/c1-5-12-18-15(16(2,3)4)11-8-13-6-9-14(17)10-7-13/h6-7,9-10,15,18H,5,8,11-12H2,1-4H3. The Morgan fingerprint density at radius 1 is 1.17 bits per heavy atom. The van der Waals surface area contributed by atoms with Gasteiger partial charge in [0.25, 0.3) is 0 Å². The fraction of sp³-hybridized carbons (Fsp3) is 0.625. The molecule has 1 atom stereocenters. The summed E-state index contributed by atoms with van der Waals surface area (Å²) in [5.41, 5.74) is 1.67. The Morgan fingerprint density at radius 2 is 1.78 bits per heavy atom. The van der Waals surface area contributed by atoms with E-state index >= 15 is 0 Å². The summed E-state index contributed by atoms with van der Waals surface area (Å²) in [4.78, 5) is 0. The van der Waals surface area contributed by atoms with E-state index in [0.717, 1.165) is 18.0 Å². The van der Waals surface area contributed by atoms with Gasteiger partial charge in [0.2, 0.25) is 0 Å². The van der Waals surface area contributed by atoms with Crippen molar-refractivity contribution in [3.63, 3.8) is 0 Å². The van der Waals surface area contributed by atoms with Crippen LogP contribution in [0.1, 0.15) is 46.1 Å². The first-order valence-electron chi connectivity index (χ1n) is 6.91. The van der Waals surface area contributed by atoms with Crippen molar-refractivity contribution in [1.29, 1.82) is 0 Å². The van der Waals surface area contributed by atoms with E-state index < -0.39 is 0 Å². The third kappa shape index (κ3) is 5.41. The van der Waals surface area contributed by atoms with E-state index in [-0.39, 0.29) is 0 Å². The molecule has 0 aliphatic rings. The monoisotopic (exact) mass is 267 g/mol. The molecule has 0 saturated heterocycles. The van der Waals surface area contributed by atoms with E-state index in [1.165, 1.54) is 18.4 Å². The van der Waals surface area contributed by atoms with Crippen molar-refractivity contribution in [3.05, 3.63) is 34.9 Å². The number of nitrogens with one attached hydrogen (secondary N) is 1. The number of rotatable bonds is 6. The highest BCUT2D eigenvalue weighted by atomic mass is 35.5. The smallest absolute Gasteiger partial charge is 0.0406 e. The molecule has 1 aromatic carbocycles. The predicted octanol–water partition coefficient (Wildman–Crippen LogP) is 4.69. The van der Waals surface area contributed by atoms with E-state index in [1.807, 2.05) is 12.1 Å². The average molecular weight is 268 g/mol. The van der Waals surface area contributed by atoms with Crippen LogP contribution in [-0.2, 0) is 6.42 Å². The molecule has 0 aromatic heterocycles. The largest absolute Gasteiger partial charge is 0.313 e. The lowest BCUT2D eigenvalue weighted by molar-refractivity contribution is 0.255. The number of halogens is 1. The molecule has 0 saturated carbocycles. The molecule has 0 heterocycles. The molecule has 1 rings (SSSR count). The molecule has 1 aromatic rings. The summed E-state index contributed by atoms with van der Waals surface area (Å²) >= 11 is 5.90. The van der Waals surface area contributed by atoms with Crippen molar-refractivity contribution >= 4 is 11.6 Å². The van der Waals surface area contributed by atoms with Gasteiger partial charge in [-0.25, -0.2) is 0 Å². The van der Waals surface area contributed by atoms with Crippen molar-refractivity contribution in [2.24, 2.45) is 5.41 Å². The maximum absolute atomic E-state index is 5.90. The van der Waals surface area contributed by atoms with Crippen LogP contribution in [0.3, 0.4) is 0 Å². The Balaban J connectivity index is 2.53. The Bertz CT molecular complexity index is 337. The van der Waals surface area contributed by atoms with Gasteiger partial charge in [-0.15, -0.1) is 0 Å². The summed E-state index contributed by atoms with van der Waals surface area (Å²) in [5, 5.41) is 4.48.